The highest BCUT2D eigenvalue weighted by molar-refractivity contribution is 5.17. The second kappa shape index (κ2) is 6.41. The largest absolute Gasteiger partial charge is 0.384 e. The molecule has 94 valence electrons. The average molecular weight is 225 g/mol. The van der Waals surface area contributed by atoms with Crippen molar-refractivity contribution in [1.29, 1.82) is 0 Å². The second-order valence-electron chi connectivity index (χ2n) is 5.63. The van der Waals surface area contributed by atoms with Gasteiger partial charge in [0.2, 0.25) is 0 Å². The third-order valence-corrected chi connectivity index (χ3v) is 3.25. The van der Waals surface area contributed by atoms with Gasteiger partial charge in [0.25, 0.3) is 0 Å². The van der Waals surface area contributed by atoms with E-state index in [4.69, 9.17) is 0 Å². The van der Waals surface area contributed by atoms with Gasteiger partial charge in [0.1, 0.15) is 0 Å². The summed E-state index contributed by atoms with van der Waals surface area (Å²) in [4.78, 5) is 0. The third kappa shape index (κ3) is 4.67. The van der Waals surface area contributed by atoms with Crippen molar-refractivity contribution >= 4 is 0 Å². The van der Waals surface area contributed by atoms with E-state index in [9.17, 15) is 5.11 Å². The first-order valence-corrected chi connectivity index (χ1v) is 6.65. The first-order valence-electron chi connectivity index (χ1n) is 6.65. The molecule has 0 spiro atoms. The Morgan fingerprint density at radius 3 is 2.81 bits per heavy atom. The van der Waals surface area contributed by atoms with Crippen molar-refractivity contribution in [2.75, 3.05) is 13.1 Å². The van der Waals surface area contributed by atoms with E-state index in [1.165, 1.54) is 24.8 Å². The maximum atomic E-state index is 10.4. The van der Waals surface area contributed by atoms with Crippen LogP contribution in [0.5, 0.6) is 0 Å². The van der Waals surface area contributed by atoms with Crippen LogP contribution >= 0.6 is 0 Å². The lowest BCUT2D eigenvalue weighted by atomic mass is 9.91. The van der Waals surface area contributed by atoms with Crippen LogP contribution < -0.4 is 5.32 Å². The summed E-state index contributed by atoms with van der Waals surface area (Å²) in [6, 6.07) is 0. The highest BCUT2D eigenvalue weighted by Gasteiger charge is 2.25. The summed E-state index contributed by atoms with van der Waals surface area (Å²) >= 11 is 0. The molecule has 0 aliphatic heterocycles. The topological polar surface area (TPSA) is 32.3 Å². The minimum Gasteiger partial charge on any atom is -0.384 e. The molecule has 0 saturated carbocycles. The van der Waals surface area contributed by atoms with E-state index >= 15 is 0 Å². The molecule has 0 saturated heterocycles. The molecule has 0 bridgehead atoms. The van der Waals surface area contributed by atoms with Gasteiger partial charge in [-0.25, -0.2) is 0 Å². The number of hydrogen-bond donors (Lipinski definition) is 2. The smallest absolute Gasteiger partial charge is 0.0952 e. The predicted octanol–water partition coefficient (Wildman–Crippen LogP) is 2.87. The van der Waals surface area contributed by atoms with Gasteiger partial charge in [-0.3, -0.25) is 0 Å². The van der Waals surface area contributed by atoms with Crippen molar-refractivity contribution in [1.82, 2.24) is 5.32 Å². The number of rotatable bonds is 5. The van der Waals surface area contributed by atoms with Crippen molar-refractivity contribution in [2.45, 2.75) is 58.5 Å². The van der Waals surface area contributed by atoms with Crippen molar-refractivity contribution in [2.24, 2.45) is 5.92 Å². The van der Waals surface area contributed by atoms with Gasteiger partial charge in [-0.2, -0.15) is 0 Å². The fraction of sp³-hybridized carbons (Fsp3) is 0.857. The summed E-state index contributed by atoms with van der Waals surface area (Å²) in [6.45, 7) is 7.97. The molecule has 1 atom stereocenters. The van der Waals surface area contributed by atoms with Gasteiger partial charge in [-0.05, 0) is 50.6 Å². The molecule has 0 aromatic heterocycles. The maximum Gasteiger partial charge on any atom is 0.0952 e. The fourth-order valence-corrected chi connectivity index (χ4v) is 2.22. The lowest BCUT2D eigenvalue weighted by molar-refractivity contribution is 0.0927. The molecule has 2 nitrogen and oxygen atoms in total. The van der Waals surface area contributed by atoms with Gasteiger partial charge in [0, 0.05) is 6.54 Å². The second-order valence-corrected chi connectivity index (χ2v) is 5.63. The van der Waals surface area contributed by atoms with Crippen LogP contribution in [0.1, 0.15) is 52.9 Å². The molecule has 16 heavy (non-hydrogen) atoms. The Kier molecular flexibility index (Phi) is 5.50. The lowest BCUT2D eigenvalue weighted by Crippen LogP contribution is -2.40. The minimum atomic E-state index is -0.654. The molecule has 0 aromatic carbocycles. The SMILES string of the molecule is CC(C)CNCC(C)(O)C1=CCCCCC1. The van der Waals surface area contributed by atoms with Crippen LogP contribution in [0, 0.1) is 5.92 Å². The lowest BCUT2D eigenvalue weighted by Gasteiger charge is -2.27. The monoisotopic (exact) mass is 225 g/mol. The Morgan fingerprint density at radius 2 is 2.12 bits per heavy atom. The molecule has 0 radical (unpaired) electrons. The van der Waals surface area contributed by atoms with Crippen LogP contribution in [0.4, 0.5) is 0 Å². The van der Waals surface area contributed by atoms with E-state index in [1.807, 2.05) is 6.92 Å². The zero-order valence-corrected chi connectivity index (χ0v) is 11.1. The Hall–Kier alpha value is -0.340. The normalized spacial score (nSPS) is 21.4. The Bertz CT molecular complexity index is 231. The summed E-state index contributed by atoms with van der Waals surface area (Å²) in [7, 11) is 0. The van der Waals surface area contributed by atoms with E-state index in [0.29, 0.717) is 12.5 Å². The molecule has 0 amide bonds. The van der Waals surface area contributed by atoms with E-state index in [1.54, 1.807) is 0 Å². The third-order valence-electron chi connectivity index (χ3n) is 3.25. The number of allylic oxidation sites excluding steroid dienone is 1. The predicted molar refractivity (Wildman–Crippen MR) is 69.5 cm³/mol. The van der Waals surface area contributed by atoms with Crippen LogP contribution in [-0.2, 0) is 0 Å². The summed E-state index contributed by atoms with van der Waals surface area (Å²) in [5, 5.41) is 13.8. The first kappa shape index (κ1) is 13.7. The average Bonchev–Trinajstić information content (AvgIpc) is 2.44. The molecular weight excluding hydrogens is 198 g/mol. The highest BCUT2D eigenvalue weighted by Crippen LogP contribution is 2.26. The number of hydrogen-bond acceptors (Lipinski definition) is 2. The van der Waals surface area contributed by atoms with Crippen molar-refractivity contribution in [3.05, 3.63) is 11.6 Å². The Labute approximate surface area is 100 Å². The van der Waals surface area contributed by atoms with Crippen molar-refractivity contribution in [3.8, 4) is 0 Å². The number of nitrogens with one attached hydrogen (secondary N) is 1. The van der Waals surface area contributed by atoms with Crippen molar-refractivity contribution in [3.63, 3.8) is 0 Å². The highest BCUT2D eigenvalue weighted by atomic mass is 16.3. The maximum absolute atomic E-state index is 10.4. The first-order chi connectivity index (χ1) is 7.52. The molecule has 0 aromatic rings. The summed E-state index contributed by atoms with van der Waals surface area (Å²) < 4.78 is 0. The number of aliphatic hydroxyl groups is 1. The summed E-state index contributed by atoms with van der Waals surface area (Å²) in [6.07, 6.45) is 8.26. The molecule has 0 heterocycles. The van der Waals surface area contributed by atoms with E-state index in [0.717, 1.165) is 19.4 Å². The van der Waals surface area contributed by atoms with E-state index in [2.05, 4.69) is 25.2 Å². The molecule has 1 rings (SSSR count). The zero-order chi connectivity index (χ0) is 12.0. The molecule has 0 fully saturated rings. The van der Waals surface area contributed by atoms with Gasteiger partial charge in [0.05, 0.1) is 5.60 Å². The fourth-order valence-electron chi connectivity index (χ4n) is 2.22. The molecule has 1 aliphatic carbocycles. The Balaban J connectivity index is 2.44. The van der Waals surface area contributed by atoms with Crippen LogP contribution in [0.2, 0.25) is 0 Å². The van der Waals surface area contributed by atoms with Gasteiger partial charge in [-0.1, -0.05) is 26.3 Å². The van der Waals surface area contributed by atoms with Crippen LogP contribution in [0.3, 0.4) is 0 Å². The molecular formula is C14H27NO. The van der Waals surface area contributed by atoms with Crippen LogP contribution in [0.25, 0.3) is 0 Å². The standard InChI is InChI=1S/C14H27NO/c1-12(2)10-15-11-14(3,16)13-8-6-4-5-7-9-13/h8,12,15-16H,4-7,9-11H2,1-3H3. The molecule has 1 unspecified atom stereocenters. The van der Waals surface area contributed by atoms with Crippen molar-refractivity contribution < 1.29 is 5.11 Å². The van der Waals surface area contributed by atoms with E-state index in [-0.39, 0.29) is 0 Å². The van der Waals surface area contributed by atoms with Crippen LogP contribution in [-0.4, -0.2) is 23.8 Å². The summed E-state index contributed by atoms with van der Waals surface area (Å²) in [5.74, 6) is 0.638. The molecule has 2 N–H and O–H groups in total. The molecule has 2 heteroatoms. The zero-order valence-electron chi connectivity index (χ0n) is 11.1. The minimum absolute atomic E-state index is 0.638. The van der Waals surface area contributed by atoms with Gasteiger partial charge in [0.15, 0.2) is 0 Å². The van der Waals surface area contributed by atoms with Gasteiger partial charge < -0.3 is 10.4 Å². The van der Waals surface area contributed by atoms with E-state index < -0.39 is 5.60 Å². The van der Waals surface area contributed by atoms with Gasteiger partial charge in [-0.15, -0.1) is 0 Å². The molecule has 1 aliphatic rings. The quantitative estimate of drug-likeness (QED) is 0.705. The Morgan fingerprint density at radius 1 is 1.38 bits per heavy atom. The van der Waals surface area contributed by atoms with Gasteiger partial charge >= 0.3 is 0 Å². The summed E-state index contributed by atoms with van der Waals surface area (Å²) in [5.41, 5.74) is 0.584. The van der Waals surface area contributed by atoms with Crippen LogP contribution in [0.15, 0.2) is 11.6 Å².